The summed E-state index contributed by atoms with van der Waals surface area (Å²) in [6.07, 6.45) is 2.22. The molecule has 0 spiro atoms. The summed E-state index contributed by atoms with van der Waals surface area (Å²) in [6.45, 7) is 3.59. The van der Waals surface area contributed by atoms with Gasteiger partial charge in [-0.05, 0) is 36.3 Å². The van der Waals surface area contributed by atoms with Crippen molar-refractivity contribution in [3.8, 4) is 11.6 Å². The first-order valence-electron chi connectivity index (χ1n) is 7.06. The number of rotatable bonds is 4. The Bertz CT molecular complexity index is 879. The summed E-state index contributed by atoms with van der Waals surface area (Å²) in [5, 5.41) is 7.79. The lowest BCUT2D eigenvalue weighted by Gasteiger charge is -2.19. The van der Waals surface area contributed by atoms with E-state index in [-0.39, 0.29) is 6.04 Å². The van der Waals surface area contributed by atoms with Crippen molar-refractivity contribution in [2.45, 2.75) is 26.3 Å². The van der Waals surface area contributed by atoms with Gasteiger partial charge in [-0.3, -0.25) is 0 Å². The number of H-pyrrole nitrogens is 1. The molecule has 8 heteroatoms. The number of imidazole rings is 1. The maximum atomic E-state index is 13.6. The topological polar surface area (TPSA) is 59.6 Å². The Balaban J connectivity index is 2.15. The normalized spacial score (nSPS) is 12.5. The average Bonchev–Trinajstić information content (AvgIpc) is 3.06. The van der Waals surface area contributed by atoms with E-state index in [4.69, 9.17) is 16.6 Å². The minimum absolute atomic E-state index is 0.296. The predicted octanol–water partition coefficient (Wildman–Crippen LogP) is 4.18. The third-order valence-electron chi connectivity index (χ3n) is 3.52. The van der Waals surface area contributed by atoms with Crippen LogP contribution in [0.3, 0.4) is 0 Å². The Hall–Kier alpha value is -2.35. The molecule has 0 fully saturated rings. The fraction of sp³-hybridized carbons (Fsp3) is 0.267. The Kier molecular flexibility index (Phi) is 4.08. The van der Waals surface area contributed by atoms with Gasteiger partial charge < -0.3 is 14.0 Å². The van der Waals surface area contributed by atoms with Gasteiger partial charge in [-0.2, -0.15) is 0 Å². The second-order valence-corrected chi connectivity index (χ2v) is 5.49. The first-order valence-corrected chi connectivity index (χ1v) is 7.46. The molecule has 0 aliphatic carbocycles. The van der Waals surface area contributed by atoms with Crippen LogP contribution in [0.1, 0.15) is 30.8 Å². The summed E-state index contributed by atoms with van der Waals surface area (Å²) in [6, 6.07) is 3.08. The first kappa shape index (κ1) is 15.5. The number of nitrogens with one attached hydrogen (secondary N) is 1. The van der Waals surface area contributed by atoms with Crippen LogP contribution >= 0.6 is 12.2 Å². The molecule has 1 N–H and O–H groups in total. The highest BCUT2D eigenvalue weighted by Crippen LogP contribution is 2.29. The van der Waals surface area contributed by atoms with Gasteiger partial charge >= 0.3 is 0 Å². The van der Waals surface area contributed by atoms with E-state index in [1.807, 2.05) is 6.92 Å². The van der Waals surface area contributed by atoms with Crippen LogP contribution in [0.15, 0.2) is 28.8 Å². The molecule has 0 amide bonds. The first-order chi connectivity index (χ1) is 11.0. The van der Waals surface area contributed by atoms with Crippen molar-refractivity contribution in [3.05, 3.63) is 52.3 Å². The second kappa shape index (κ2) is 6.04. The number of aromatic amines is 1. The maximum absolute atomic E-state index is 13.6. The lowest BCUT2D eigenvalue weighted by molar-refractivity contribution is 0.508. The summed E-state index contributed by atoms with van der Waals surface area (Å²) >= 11 is 5.32. The number of benzene rings is 1. The van der Waals surface area contributed by atoms with Gasteiger partial charge in [-0.15, -0.1) is 10.2 Å². The van der Waals surface area contributed by atoms with Gasteiger partial charge in [0.25, 0.3) is 5.89 Å². The van der Waals surface area contributed by atoms with E-state index in [9.17, 15) is 8.78 Å². The number of hydrogen-bond acceptors (Lipinski definition) is 4. The molecule has 0 bridgehead atoms. The lowest BCUT2D eigenvalue weighted by Crippen LogP contribution is -2.12. The van der Waals surface area contributed by atoms with Crippen LogP contribution in [0.25, 0.3) is 11.6 Å². The SMILES string of the molecule is CCC(c1cc(F)cc(F)c1)n1c(-c2nnc(C)o2)c[nH]c1=S. The Morgan fingerprint density at radius 2 is 1.96 bits per heavy atom. The number of nitrogens with zero attached hydrogens (tertiary/aromatic N) is 3. The Morgan fingerprint density at radius 1 is 1.26 bits per heavy atom. The zero-order valence-electron chi connectivity index (χ0n) is 12.5. The number of halogens is 2. The van der Waals surface area contributed by atoms with E-state index in [0.29, 0.717) is 34.2 Å². The van der Waals surface area contributed by atoms with E-state index in [1.165, 1.54) is 12.1 Å². The molecule has 1 atom stereocenters. The van der Waals surface area contributed by atoms with E-state index in [1.54, 1.807) is 17.7 Å². The molecule has 1 aromatic carbocycles. The van der Waals surface area contributed by atoms with Crippen molar-refractivity contribution in [2.24, 2.45) is 0 Å². The number of aryl methyl sites for hydroxylation is 1. The van der Waals surface area contributed by atoms with Gasteiger partial charge in [0.05, 0.1) is 6.04 Å². The van der Waals surface area contributed by atoms with Gasteiger partial charge in [-0.1, -0.05) is 6.92 Å². The van der Waals surface area contributed by atoms with Crippen molar-refractivity contribution >= 4 is 12.2 Å². The van der Waals surface area contributed by atoms with Crippen LogP contribution in [0.4, 0.5) is 8.78 Å². The highest BCUT2D eigenvalue weighted by Gasteiger charge is 2.21. The molecule has 0 saturated carbocycles. The van der Waals surface area contributed by atoms with Crippen molar-refractivity contribution in [2.75, 3.05) is 0 Å². The molecule has 3 rings (SSSR count). The minimum Gasteiger partial charge on any atom is -0.420 e. The van der Waals surface area contributed by atoms with Crippen LogP contribution in [0.2, 0.25) is 0 Å². The molecule has 5 nitrogen and oxygen atoms in total. The van der Waals surface area contributed by atoms with Crippen LogP contribution in [-0.2, 0) is 0 Å². The van der Waals surface area contributed by atoms with Gasteiger partial charge in [0.15, 0.2) is 4.77 Å². The molecule has 23 heavy (non-hydrogen) atoms. The monoisotopic (exact) mass is 336 g/mol. The van der Waals surface area contributed by atoms with Crippen LogP contribution in [0, 0.1) is 23.3 Å². The van der Waals surface area contributed by atoms with E-state index < -0.39 is 11.6 Å². The highest BCUT2D eigenvalue weighted by atomic mass is 32.1. The molecule has 1 unspecified atom stereocenters. The van der Waals surface area contributed by atoms with Gasteiger partial charge in [-0.25, -0.2) is 8.78 Å². The summed E-state index contributed by atoms with van der Waals surface area (Å²) in [4.78, 5) is 2.92. The third kappa shape index (κ3) is 2.94. The standard InChI is InChI=1S/C15H14F2N4OS/c1-3-12(9-4-10(16)6-11(17)5-9)21-13(7-18-15(21)23)14-20-19-8(2)22-14/h4-7,12H,3H2,1-2H3,(H,18,23). The van der Waals surface area contributed by atoms with Gasteiger partial charge in [0.1, 0.15) is 17.3 Å². The average molecular weight is 336 g/mol. The summed E-state index contributed by atoms with van der Waals surface area (Å²) < 4.78 is 34.7. The molecular weight excluding hydrogens is 322 g/mol. The Morgan fingerprint density at radius 3 is 2.52 bits per heavy atom. The predicted molar refractivity (Wildman–Crippen MR) is 82.4 cm³/mol. The molecule has 120 valence electrons. The molecule has 0 aliphatic heterocycles. The molecule has 2 aromatic heterocycles. The fourth-order valence-corrected chi connectivity index (χ4v) is 2.87. The smallest absolute Gasteiger partial charge is 0.265 e. The maximum Gasteiger partial charge on any atom is 0.265 e. The van der Waals surface area contributed by atoms with Crippen molar-refractivity contribution in [1.29, 1.82) is 0 Å². The molecule has 0 saturated heterocycles. The number of aromatic nitrogens is 4. The van der Waals surface area contributed by atoms with Crippen LogP contribution < -0.4 is 0 Å². The number of hydrogen-bond donors (Lipinski definition) is 1. The van der Waals surface area contributed by atoms with E-state index in [2.05, 4.69) is 15.2 Å². The zero-order valence-corrected chi connectivity index (χ0v) is 13.3. The summed E-state index contributed by atoms with van der Waals surface area (Å²) in [7, 11) is 0. The van der Waals surface area contributed by atoms with Gasteiger partial charge in [0, 0.05) is 19.2 Å². The van der Waals surface area contributed by atoms with Gasteiger partial charge in [0.2, 0.25) is 5.89 Å². The molecular formula is C15H14F2N4OS. The van der Waals surface area contributed by atoms with E-state index in [0.717, 1.165) is 6.07 Å². The highest BCUT2D eigenvalue weighted by molar-refractivity contribution is 7.71. The third-order valence-corrected chi connectivity index (χ3v) is 3.84. The molecule has 0 aliphatic rings. The van der Waals surface area contributed by atoms with Crippen LogP contribution in [-0.4, -0.2) is 19.7 Å². The van der Waals surface area contributed by atoms with Crippen molar-refractivity contribution in [1.82, 2.24) is 19.7 Å². The Labute approximate surface area is 136 Å². The van der Waals surface area contributed by atoms with Crippen molar-refractivity contribution < 1.29 is 13.2 Å². The van der Waals surface area contributed by atoms with Crippen LogP contribution in [0.5, 0.6) is 0 Å². The largest absolute Gasteiger partial charge is 0.420 e. The zero-order chi connectivity index (χ0) is 16.6. The van der Waals surface area contributed by atoms with Crippen molar-refractivity contribution in [3.63, 3.8) is 0 Å². The molecule has 0 radical (unpaired) electrons. The summed E-state index contributed by atoms with van der Waals surface area (Å²) in [5.41, 5.74) is 1.06. The fourth-order valence-electron chi connectivity index (χ4n) is 2.59. The lowest BCUT2D eigenvalue weighted by atomic mass is 10.0. The van der Waals surface area contributed by atoms with E-state index >= 15 is 0 Å². The minimum atomic E-state index is -0.629. The molecule has 2 heterocycles. The molecule has 3 aromatic rings. The second-order valence-electron chi connectivity index (χ2n) is 5.10. The summed E-state index contributed by atoms with van der Waals surface area (Å²) in [5.74, 6) is -0.542. The quantitative estimate of drug-likeness (QED) is 0.726.